The van der Waals surface area contributed by atoms with Gasteiger partial charge < -0.3 is 9.80 Å². The largest absolute Gasteiger partial charge is 0.338 e. The Morgan fingerprint density at radius 2 is 1.81 bits per heavy atom. The zero-order valence-corrected chi connectivity index (χ0v) is 15.5. The predicted octanol–water partition coefficient (Wildman–Crippen LogP) is 3.95. The van der Waals surface area contributed by atoms with Crippen LogP contribution in [-0.4, -0.2) is 35.6 Å². The summed E-state index contributed by atoms with van der Waals surface area (Å²) in [5.74, 6) is 1.30. The Morgan fingerprint density at radius 1 is 1.00 bits per heavy atom. The summed E-state index contributed by atoms with van der Waals surface area (Å²) in [5.41, 5.74) is 2.78. The first-order valence-electron chi connectivity index (χ1n) is 9.13. The Kier molecular flexibility index (Phi) is 4.98. The third kappa shape index (κ3) is 3.49. The minimum Gasteiger partial charge on any atom is -0.338 e. The number of benzene rings is 2. The molecule has 0 spiro atoms. The Hall–Kier alpha value is -2.27. The quantitative estimate of drug-likeness (QED) is 0.826. The van der Waals surface area contributed by atoms with Gasteiger partial charge in [-0.05, 0) is 48.4 Å². The number of anilines is 1. The molecule has 26 heavy (non-hydrogen) atoms. The van der Waals surface area contributed by atoms with Crippen LogP contribution in [0, 0.1) is 0 Å². The molecule has 2 heterocycles. The van der Waals surface area contributed by atoms with Crippen molar-refractivity contribution in [1.82, 2.24) is 4.90 Å². The summed E-state index contributed by atoms with van der Waals surface area (Å²) < 4.78 is 0. The Labute approximate surface area is 158 Å². The molecule has 0 aliphatic carbocycles. The molecule has 0 N–H and O–H groups in total. The number of para-hydroxylation sites is 1. The van der Waals surface area contributed by atoms with Gasteiger partial charge in [0.25, 0.3) is 5.91 Å². The molecule has 5 heteroatoms. The van der Waals surface area contributed by atoms with E-state index in [-0.39, 0.29) is 11.8 Å². The van der Waals surface area contributed by atoms with Gasteiger partial charge in [0.2, 0.25) is 5.91 Å². The molecular formula is C21H22N2O2S. The summed E-state index contributed by atoms with van der Waals surface area (Å²) in [5, 5.41) is 0. The van der Waals surface area contributed by atoms with Crippen molar-refractivity contribution in [2.75, 3.05) is 23.7 Å². The van der Waals surface area contributed by atoms with Gasteiger partial charge in [-0.1, -0.05) is 24.3 Å². The monoisotopic (exact) mass is 366 g/mol. The van der Waals surface area contributed by atoms with Crippen LogP contribution in [0.3, 0.4) is 0 Å². The van der Waals surface area contributed by atoms with Crippen LogP contribution < -0.4 is 4.90 Å². The second-order valence-electron chi connectivity index (χ2n) is 6.74. The number of carbonyl (C=O) groups is 2. The Bertz CT molecular complexity index is 819. The molecule has 2 amide bonds. The number of fused-ring (bicyclic) bond motifs is 1. The number of likely N-dealkylation sites (tertiary alicyclic amines) is 1. The molecule has 0 unspecified atom stereocenters. The maximum atomic E-state index is 13.1. The molecule has 0 aromatic heterocycles. The fraction of sp³-hybridized carbons (Fsp3) is 0.333. The fourth-order valence-electron chi connectivity index (χ4n) is 3.54. The molecule has 2 aromatic carbocycles. The molecule has 1 saturated heterocycles. The van der Waals surface area contributed by atoms with Gasteiger partial charge in [-0.2, -0.15) is 0 Å². The third-order valence-corrected chi connectivity index (χ3v) is 6.08. The van der Waals surface area contributed by atoms with Crippen molar-refractivity contribution in [2.24, 2.45) is 0 Å². The van der Waals surface area contributed by atoms with E-state index < -0.39 is 0 Å². The third-order valence-electron chi connectivity index (χ3n) is 4.93. The van der Waals surface area contributed by atoms with Crippen molar-refractivity contribution >= 4 is 29.3 Å². The zero-order valence-electron chi connectivity index (χ0n) is 14.7. The number of rotatable bonds is 3. The smallest absolute Gasteiger partial charge is 0.258 e. The van der Waals surface area contributed by atoms with Gasteiger partial charge in [0.15, 0.2) is 0 Å². The number of amides is 2. The second-order valence-corrected chi connectivity index (χ2v) is 7.88. The lowest BCUT2D eigenvalue weighted by atomic mass is 10.1. The van der Waals surface area contributed by atoms with E-state index in [9.17, 15) is 9.59 Å². The number of hydrogen-bond donors (Lipinski definition) is 0. The van der Waals surface area contributed by atoms with E-state index in [1.807, 2.05) is 64.0 Å². The first kappa shape index (κ1) is 17.2. The standard InChI is InChI=1S/C21H22N2O2S/c24-20-7-3-12-22(20)15-16-8-10-17(11-9-16)21(25)23-13-4-14-26-19-6-2-1-5-18(19)23/h1-2,5-6,8-11H,3-4,7,12-15H2. The molecule has 4 rings (SSSR count). The highest BCUT2D eigenvalue weighted by Crippen LogP contribution is 2.34. The van der Waals surface area contributed by atoms with Crippen molar-refractivity contribution in [3.63, 3.8) is 0 Å². The number of hydrogen-bond acceptors (Lipinski definition) is 3. The first-order valence-corrected chi connectivity index (χ1v) is 10.1. The summed E-state index contributed by atoms with van der Waals surface area (Å²) in [6, 6.07) is 15.8. The molecule has 2 aliphatic heterocycles. The van der Waals surface area contributed by atoms with Crippen LogP contribution in [0.15, 0.2) is 53.4 Å². The van der Waals surface area contributed by atoms with Gasteiger partial charge >= 0.3 is 0 Å². The SMILES string of the molecule is O=C1CCCN1Cc1ccc(C(=O)N2CCCSc3ccccc32)cc1. The van der Waals surface area contributed by atoms with Crippen LogP contribution in [0.2, 0.25) is 0 Å². The van der Waals surface area contributed by atoms with E-state index in [1.54, 1.807) is 0 Å². The van der Waals surface area contributed by atoms with Crippen LogP contribution in [0.5, 0.6) is 0 Å². The lowest BCUT2D eigenvalue weighted by molar-refractivity contribution is -0.128. The molecule has 0 atom stereocenters. The van der Waals surface area contributed by atoms with E-state index in [1.165, 1.54) is 4.90 Å². The molecule has 2 aromatic rings. The summed E-state index contributed by atoms with van der Waals surface area (Å²) >= 11 is 1.81. The molecule has 2 aliphatic rings. The average molecular weight is 366 g/mol. The molecule has 0 bridgehead atoms. The topological polar surface area (TPSA) is 40.6 Å². The molecule has 4 nitrogen and oxygen atoms in total. The maximum Gasteiger partial charge on any atom is 0.258 e. The van der Waals surface area contributed by atoms with Gasteiger partial charge in [-0.25, -0.2) is 0 Å². The van der Waals surface area contributed by atoms with Crippen molar-refractivity contribution < 1.29 is 9.59 Å². The van der Waals surface area contributed by atoms with Crippen LogP contribution >= 0.6 is 11.8 Å². The van der Waals surface area contributed by atoms with Crippen LogP contribution in [0.1, 0.15) is 35.2 Å². The minimum atomic E-state index is 0.0451. The van der Waals surface area contributed by atoms with Crippen LogP contribution in [0.25, 0.3) is 0 Å². The lowest BCUT2D eigenvalue weighted by Gasteiger charge is -2.23. The van der Waals surface area contributed by atoms with Gasteiger partial charge in [0, 0.05) is 36.5 Å². The number of nitrogens with zero attached hydrogens (tertiary/aromatic N) is 2. The summed E-state index contributed by atoms with van der Waals surface area (Å²) in [6.45, 7) is 2.21. The summed E-state index contributed by atoms with van der Waals surface area (Å²) in [6.07, 6.45) is 2.59. The van der Waals surface area contributed by atoms with Crippen molar-refractivity contribution in [2.45, 2.75) is 30.7 Å². The highest BCUT2D eigenvalue weighted by molar-refractivity contribution is 7.99. The Morgan fingerprint density at radius 3 is 2.58 bits per heavy atom. The van der Waals surface area contributed by atoms with Crippen molar-refractivity contribution in [3.05, 3.63) is 59.7 Å². The summed E-state index contributed by atoms with van der Waals surface area (Å²) in [7, 11) is 0. The van der Waals surface area contributed by atoms with Gasteiger partial charge in [-0.15, -0.1) is 11.8 Å². The van der Waals surface area contributed by atoms with E-state index in [2.05, 4.69) is 6.07 Å². The van der Waals surface area contributed by atoms with E-state index in [4.69, 9.17) is 0 Å². The summed E-state index contributed by atoms with van der Waals surface area (Å²) in [4.78, 5) is 29.8. The molecule has 134 valence electrons. The lowest BCUT2D eigenvalue weighted by Crippen LogP contribution is -2.31. The van der Waals surface area contributed by atoms with E-state index in [0.29, 0.717) is 18.5 Å². The predicted molar refractivity (Wildman–Crippen MR) is 105 cm³/mol. The zero-order chi connectivity index (χ0) is 17.9. The van der Waals surface area contributed by atoms with E-state index in [0.717, 1.165) is 42.9 Å². The molecule has 0 saturated carbocycles. The van der Waals surface area contributed by atoms with Gasteiger partial charge in [0.05, 0.1) is 5.69 Å². The van der Waals surface area contributed by atoms with Crippen LogP contribution in [-0.2, 0) is 11.3 Å². The minimum absolute atomic E-state index is 0.0451. The highest BCUT2D eigenvalue weighted by atomic mass is 32.2. The maximum absolute atomic E-state index is 13.1. The van der Waals surface area contributed by atoms with Gasteiger partial charge in [0.1, 0.15) is 0 Å². The van der Waals surface area contributed by atoms with Gasteiger partial charge in [-0.3, -0.25) is 9.59 Å². The second kappa shape index (κ2) is 7.54. The van der Waals surface area contributed by atoms with Crippen LogP contribution in [0.4, 0.5) is 5.69 Å². The highest BCUT2D eigenvalue weighted by Gasteiger charge is 2.23. The van der Waals surface area contributed by atoms with Crippen molar-refractivity contribution in [3.8, 4) is 0 Å². The molecule has 0 radical (unpaired) electrons. The van der Waals surface area contributed by atoms with Crippen molar-refractivity contribution in [1.29, 1.82) is 0 Å². The molecule has 1 fully saturated rings. The fourth-order valence-corrected chi connectivity index (χ4v) is 4.53. The Balaban J connectivity index is 1.52. The average Bonchev–Trinajstić information content (AvgIpc) is 2.95. The van der Waals surface area contributed by atoms with E-state index >= 15 is 0 Å². The normalized spacial score (nSPS) is 17.2. The number of thioether (sulfide) groups is 1. The first-order chi connectivity index (χ1) is 12.7. The molecular weight excluding hydrogens is 344 g/mol. The number of carbonyl (C=O) groups excluding carboxylic acids is 2.